The number of hydrogen-bond acceptors (Lipinski definition) is 5. The lowest BCUT2D eigenvalue weighted by molar-refractivity contribution is -0.135. The molecule has 2 N–H and O–H groups in total. The third-order valence-corrected chi connectivity index (χ3v) is 6.45. The molecule has 32 heavy (non-hydrogen) atoms. The quantitative estimate of drug-likeness (QED) is 0.541. The molecular formula is C24H23N3O4S. The third kappa shape index (κ3) is 4.09. The fourth-order valence-electron chi connectivity index (χ4n) is 3.73. The molecule has 0 spiro atoms. The van der Waals surface area contributed by atoms with Crippen molar-refractivity contribution in [3.8, 4) is 5.75 Å². The van der Waals surface area contributed by atoms with Crippen LogP contribution in [0.3, 0.4) is 0 Å². The fraction of sp³-hybridized carbons (Fsp3) is 0.208. The van der Waals surface area contributed by atoms with Crippen molar-refractivity contribution in [2.45, 2.75) is 18.5 Å². The van der Waals surface area contributed by atoms with Gasteiger partial charge in [0.2, 0.25) is 5.91 Å². The van der Waals surface area contributed by atoms with Crippen LogP contribution in [0.15, 0.2) is 72.1 Å². The third-order valence-electron chi connectivity index (χ3n) is 5.51. The van der Waals surface area contributed by atoms with Gasteiger partial charge in [0.25, 0.3) is 5.91 Å². The number of rotatable bonds is 7. The van der Waals surface area contributed by atoms with Gasteiger partial charge in [-0.05, 0) is 41.6 Å². The average Bonchev–Trinajstić information content (AvgIpc) is 3.42. The summed E-state index contributed by atoms with van der Waals surface area (Å²) in [4.78, 5) is 40.6. The van der Waals surface area contributed by atoms with Crippen LogP contribution in [-0.2, 0) is 15.1 Å². The van der Waals surface area contributed by atoms with Crippen LogP contribution < -0.4 is 15.4 Å². The lowest BCUT2D eigenvalue weighted by atomic mass is 9.92. The summed E-state index contributed by atoms with van der Waals surface area (Å²) in [7, 11) is 1.55. The molecule has 2 aromatic carbocycles. The number of nitrogens with zero attached hydrogens (tertiary/aromatic N) is 1. The standard InChI is InChI=1S/C24H23N3O4S/c1-24(17-10-12-18(31-2)13-11-17)22(29)27(23(30)26-24)15-20(28)25-21(19-9-6-14-32-19)16-7-4-3-5-8-16/h3-14,21H,15H2,1-2H3,(H,25,28)(H,26,30). The largest absolute Gasteiger partial charge is 0.497 e. The molecular weight excluding hydrogens is 426 g/mol. The second kappa shape index (κ2) is 8.84. The molecule has 1 fully saturated rings. The summed E-state index contributed by atoms with van der Waals surface area (Å²) >= 11 is 1.53. The van der Waals surface area contributed by atoms with Gasteiger partial charge in [-0.15, -0.1) is 11.3 Å². The van der Waals surface area contributed by atoms with Gasteiger partial charge in [-0.1, -0.05) is 48.5 Å². The molecule has 1 aromatic heterocycles. The molecule has 1 aliphatic heterocycles. The zero-order chi connectivity index (χ0) is 22.7. The maximum Gasteiger partial charge on any atom is 0.325 e. The number of thiophene rings is 1. The molecule has 4 amide bonds. The van der Waals surface area contributed by atoms with Gasteiger partial charge in [0.05, 0.1) is 13.2 Å². The number of ether oxygens (including phenoxy) is 1. The summed E-state index contributed by atoms with van der Waals surface area (Å²) < 4.78 is 5.16. The minimum atomic E-state index is -1.25. The maximum absolute atomic E-state index is 13.1. The van der Waals surface area contributed by atoms with Crippen molar-refractivity contribution in [3.63, 3.8) is 0 Å². The number of nitrogens with one attached hydrogen (secondary N) is 2. The van der Waals surface area contributed by atoms with E-state index in [2.05, 4.69) is 10.6 Å². The SMILES string of the molecule is COc1ccc(C2(C)NC(=O)N(CC(=O)NC(c3ccccc3)c3cccs3)C2=O)cc1. The van der Waals surface area contributed by atoms with Crippen LogP contribution in [0.4, 0.5) is 4.79 Å². The van der Waals surface area contributed by atoms with Crippen LogP contribution >= 0.6 is 11.3 Å². The van der Waals surface area contributed by atoms with Gasteiger partial charge < -0.3 is 15.4 Å². The van der Waals surface area contributed by atoms with Crippen molar-refractivity contribution in [2.75, 3.05) is 13.7 Å². The Morgan fingerprint density at radius 2 is 1.81 bits per heavy atom. The van der Waals surface area contributed by atoms with E-state index in [0.717, 1.165) is 15.3 Å². The zero-order valence-electron chi connectivity index (χ0n) is 17.7. The Bertz CT molecular complexity index is 1120. The predicted molar refractivity (Wildman–Crippen MR) is 121 cm³/mol. The van der Waals surface area contributed by atoms with Crippen molar-refractivity contribution in [1.29, 1.82) is 0 Å². The summed E-state index contributed by atoms with van der Waals surface area (Å²) in [5.74, 6) is -0.254. The smallest absolute Gasteiger partial charge is 0.325 e. The molecule has 4 rings (SSSR count). The molecule has 2 heterocycles. The Morgan fingerprint density at radius 1 is 1.09 bits per heavy atom. The summed E-state index contributed by atoms with van der Waals surface area (Å²) in [6.07, 6.45) is 0. The number of imide groups is 1. The van der Waals surface area contributed by atoms with Gasteiger partial charge in [-0.25, -0.2) is 4.79 Å². The predicted octanol–water partition coefficient (Wildman–Crippen LogP) is 3.43. The van der Waals surface area contributed by atoms with E-state index in [9.17, 15) is 14.4 Å². The first-order valence-electron chi connectivity index (χ1n) is 10.1. The molecule has 1 aliphatic rings. The first kappa shape index (κ1) is 21.6. The van der Waals surface area contributed by atoms with Crippen LogP contribution in [0, 0.1) is 0 Å². The molecule has 2 unspecified atom stereocenters. The van der Waals surface area contributed by atoms with Gasteiger partial charge in [0.1, 0.15) is 17.8 Å². The molecule has 0 bridgehead atoms. The van der Waals surface area contributed by atoms with E-state index in [1.54, 1.807) is 38.3 Å². The van der Waals surface area contributed by atoms with Crippen LogP contribution in [0.2, 0.25) is 0 Å². The molecule has 8 heteroatoms. The van der Waals surface area contributed by atoms with Gasteiger partial charge in [0.15, 0.2) is 0 Å². The molecule has 164 valence electrons. The lowest BCUT2D eigenvalue weighted by Gasteiger charge is -2.23. The van der Waals surface area contributed by atoms with Crippen LogP contribution in [0.1, 0.15) is 29.0 Å². The normalized spacial score (nSPS) is 18.9. The van der Waals surface area contributed by atoms with E-state index < -0.39 is 23.4 Å². The van der Waals surface area contributed by atoms with E-state index in [1.165, 1.54) is 11.3 Å². The van der Waals surface area contributed by atoms with Crippen molar-refractivity contribution in [3.05, 3.63) is 88.1 Å². The average molecular weight is 450 g/mol. The second-order valence-corrected chi connectivity index (χ2v) is 8.58. The van der Waals surface area contributed by atoms with E-state index >= 15 is 0 Å². The Morgan fingerprint density at radius 3 is 2.44 bits per heavy atom. The Balaban J connectivity index is 1.51. The van der Waals surface area contributed by atoms with Gasteiger partial charge >= 0.3 is 6.03 Å². The van der Waals surface area contributed by atoms with Gasteiger partial charge in [-0.3, -0.25) is 14.5 Å². The second-order valence-electron chi connectivity index (χ2n) is 7.60. The number of methoxy groups -OCH3 is 1. The summed E-state index contributed by atoms with van der Waals surface area (Å²) in [6.45, 7) is 1.26. The Hall–Kier alpha value is -3.65. The van der Waals surface area contributed by atoms with Gasteiger partial charge in [-0.2, -0.15) is 0 Å². The van der Waals surface area contributed by atoms with Crippen LogP contribution in [-0.4, -0.2) is 36.4 Å². The molecule has 2 atom stereocenters. The van der Waals surface area contributed by atoms with Gasteiger partial charge in [0, 0.05) is 4.88 Å². The minimum Gasteiger partial charge on any atom is -0.497 e. The highest BCUT2D eigenvalue weighted by Gasteiger charge is 2.49. The molecule has 3 aromatic rings. The van der Waals surface area contributed by atoms with E-state index in [1.807, 2.05) is 47.8 Å². The number of carbonyl (C=O) groups excluding carboxylic acids is 3. The van der Waals surface area contributed by atoms with Crippen molar-refractivity contribution < 1.29 is 19.1 Å². The summed E-state index contributed by atoms with van der Waals surface area (Å²) in [5.41, 5.74) is 0.278. The first-order valence-corrected chi connectivity index (χ1v) is 11.0. The van der Waals surface area contributed by atoms with Crippen molar-refractivity contribution in [2.24, 2.45) is 0 Å². The van der Waals surface area contributed by atoms with E-state index in [-0.39, 0.29) is 12.6 Å². The van der Waals surface area contributed by atoms with Crippen LogP contribution in [0.25, 0.3) is 0 Å². The molecule has 0 saturated carbocycles. The Kier molecular flexibility index (Phi) is 5.96. The van der Waals surface area contributed by atoms with Crippen LogP contribution in [0.5, 0.6) is 5.75 Å². The number of hydrogen-bond donors (Lipinski definition) is 2. The van der Waals surface area contributed by atoms with Crippen molar-refractivity contribution in [1.82, 2.24) is 15.5 Å². The van der Waals surface area contributed by atoms with E-state index in [0.29, 0.717) is 11.3 Å². The first-order chi connectivity index (χ1) is 15.4. The minimum absolute atomic E-state index is 0.363. The van der Waals surface area contributed by atoms with Crippen molar-refractivity contribution >= 4 is 29.2 Å². The summed E-state index contributed by atoms with van der Waals surface area (Å²) in [6, 6.07) is 19.4. The number of benzene rings is 2. The number of urea groups is 1. The lowest BCUT2D eigenvalue weighted by Crippen LogP contribution is -2.44. The molecule has 0 aliphatic carbocycles. The highest BCUT2D eigenvalue weighted by molar-refractivity contribution is 7.10. The molecule has 1 saturated heterocycles. The monoisotopic (exact) mass is 449 g/mol. The fourth-order valence-corrected chi connectivity index (χ4v) is 4.53. The summed E-state index contributed by atoms with van der Waals surface area (Å²) in [5, 5.41) is 7.63. The van der Waals surface area contributed by atoms with E-state index in [4.69, 9.17) is 4.74 Å². The zero-order valence-corrected chi connectivity index (χ0v) is 18.5. The maximum atomic E-state index is 13.1. The number of carbonyl (C=O) groups is 3. The topological polar surface area (TPSA) is 87.7 Å². The molecule has 0 radical (unpaired) electrons. The Labute approximate surface area is 190 Å². The highest BCUT2D eigenvalue weighted by atomic mass is 32.1. The molecule has 7 nitrogen and oxygen atoms in total. The number of amides is 4. The highest BCUT2D eigenvalue weighted by Crippen LogP contribution is 2.30.